The van der Waals surface area contributed by atoms with Gasteiger partial charge in [0.1, 0.15) is 0 Å². The molecule has 1 N–H and O–H groups in total. The summed E-state index contributed by atoms with van der Waals surface area (Å²) in [6.45, 7) is 2.48. The monoisotopic (exact) mass is 405 g/mol. The molecule has 1 aliphatic rings. The fourth-order valence-electron chi connectivity index (χ4n) is 3.38. The van der Waals surface area contributed by atoms with Gasteiger partial charge in [0.25, 0.3) is 11.8 Å². The second-order valence-corrected chi connectivity index (χ2v) is 7.23. The fourth-order valence-corrected chi connectivity index (χ4v) is 3.38. The molecule has 0 atom stereocenters. The van der Waals surface area contributed by atoms with E-state index in [9.17, 15) is 14.4 Å². The molecule has 2 amide bonds. The van der Waals surface area contributed by atoms with Crippen molar-refractivity contribution in [3.63, 3.8) is 0 Å². The molecule has 1 saturated heterocycles. The molecule has 1 heterocycles. The summed E-state index contributed by atoms with van der Waals surface area (Å²) in [5.74, 6) is -1.22. The van der Waals surface area contributed by atoms with Gasteiger partial charge in [-0.3, -0.25) is 14.4 Å². The van der Waals surface area contributed by atoms with Crippen molar-refractivity contribution < 1.29 is 19.1 Å². The number of amides is 2. The van der Waals surface area contributed by atoms with Crippen LogP contribution in [0.25, 0.3) is 0 Å². The Kier molecular flexibility index (Phi) is 6.81. The van der Waals surface area contributed by atoms with Crippen LogP contribution in [0.2, 0.25) is 0 Å². The lowest BCUT2D eigenvalue weighted by Crippen LogP contribution is -2.41. The molecule has 0 aliphatic carbocycles. The number of hydrogen-bond donors (Lipinski definition) is 1. The number of nitrogens with one attached hydrogen (secondary N) is 1. The van der Waals surface area contributed by atoms with Gasteiger partial charge in [0.05, 0.1) is 17.6 Å². The first-order valence-electron chi connectivity index (χ1n) is 9.79. The van der Waals surface area contributed by atoms with Gasteiger partial charge in [-0.25, -0.2) is 0 Å². The summed E-state index contributed by atoms with van der Waals surface area (Å²) in [5.41, 5.74) is 2.63. The highest BCUT2D eigenvalue weighted by molar-refractivity contribution is 5.96. The van der Waals surface area contributed by atoms with E-state index in [1.54, 1.807) is 29.2 Å². The SMILES string of the molecule is Cc1ccccc1C(=O)N1CCC(C(=O)OCC(=O)Nc2ccc(C#N)cc2)CC1. The van der Waals surface area contributed by atoms with Crippen LogP contribution in [-0.4, -0.2) is 42.4 Å². The number of rotatable bonds is 5. The topological polar surface area (TPSA) is 99.5 Å². The molecule has 1 aliphatic heterocycles. The van der Waals surface area contributed by atoms with Gasteiger partial charge in [0, 0.05) is 24.3 Å². The number of ether oxygens (including phenoxy) is 1. The fraction of sp³-hybridized carbons (Fsp3) is 0.304. The molecule has 0 spiro atoms. The predicted molar refractivity (Wildman–Crippen MR) is 111 cm³/mol. The van der Waals surface area contributed by atoms with Crippen molar-refractivity contribution >= 4 is 23.5 Å². The summed E-state index contributed by atoms with van der Waals surface area (Å²) in [5, 5.41) is 11.4. The van der Waals surface area contributed by atoms with Crippen LogP contribution in [0.4, 0.5) is 5.69 Å². The summed E-state index contributed by atoms with van der Waals surface area (Å²) in [4.78, 5) is 38.7. The standard InChI is InChI=1S/C23H23N3O4/c1-16-4-2-3-5-20(16)22(28)26-12-10-18(11-13-26)23(29)30-15-21(27)25-19-8-6-17(14-24)7-9-19/h2-9,18H,10-13,15H2,1H3,(H,25,27). The Morgan fingerprint density at radius 1 is 1.10 bits per heavy atom. The summed E-state index contributed by atoms with van der Waals surface area (Å²) in [6, 6.07) is 15.9. The van der Waals surface area contributed by atoms with E-state index >= 15 is 0 Å². The highest BCUT2D eigenvalue weighted by Crippen LogP contribution is 2.21. The van der Waals surface area contributed by atoms with Crippen molar-refractivity contribution in [1.82, 2.24) is 4.90 Å². The second-order valence-electron chi connectivity index (χ2n) is 7.23. The molecule has 2 aromatic rings. The van der Waals surface area contributed by atoms with Crippen LogP contribution in [0.5, 0.6) is 0 Å². The molecule has 7 heteroatoms. The smallest absolute Gasteiger partial charge is 0.309 e. The molecule has 0 bridgehead atoms. The zero-order valence-corrected chi connectivity index (χ0v) is 16.8. The second kappa shape index (κ2) is 9.70. The number of hydrogen-bond acceptors (Lipinski definition) is 5. The molecule has 0 saturated carbocycles. The van der Waals surface area contributed by atoms with E-state index < -0.39 is 11.9 Å². The van der Waals surface area contributed by atoms with Crippen molar-refractivity contribution in [2.75, 3.05) is 25.0 Å². The van der Waals surface area contributed by atoms with E-state index in [2.05, 4.69) is 5.32 Å². The number of nitrogens with zero attached hydrogens (tertiary/aromatic N) is 2. The van der Waals surface area contributed by atoms with Gasteiger partial charge in [-0.05, 0) is 55.7 Å². The summed E-state index contributed by atoms with van der Waals surface area (Å²) in [6.07, 6.45) is 1.02. The molecular weight excluding hydrogens is 382 g/mol. The first-order valence-corrected chi connectivity index (χ1v) is 9.79. The van der Waals surface area contributed by atoms with Gasteiger partial charge in [-0.2, -0.15) is 5.26 Å². The molecule has 0 radical (unpaired) electrons. The predicted octanol–water partition coefficient (Wildman–Crippen LogP) is 2.90. The van der Waals surface area contributed by atoms with E-state index in [1.807, 2.05) is 37.3 Å². The number of likely N-dealkylation sites (tertiary alicyclic amines) is 1. The average Bonchev–Trinajstić information content (AvgIpc) is 2.78. The molecule has 7 nitrogen and oxygen atoms in total. The summed E-state index contributed by atoms with van der Waals surface area (Å²) < 4.78 is 5.15. The maximum atomic E-state index is 12.7. The first kappa shape index (κ1) is 21.1. The molecule has 30 heavy (non-hydrogen) atoms. The van der Waals surface area contributed by atoms with Gasteiger partial charge in [0.15, 0.2) is 6.61 Å². The van der Waals surface area contributed by atoms with Gasteiger partial charge >= 0.3 is 5.97 Å². The van der Waals surface area contributed by atoms with Crippen molar-refractivity contribution in [1.29, 1.82) is 5.26 Å². The van der Waals surface area contributed by atoms with Crippen molar-refractivity contribution in [3.8, 4) is 6.07 Å². The molecule has 154 valence electrons. The lowest BCUT2D eigenvalue weighted by molar-refractivity contribution is -0.152. The molecule has 0 unspecified atom stereocenters. The van der Waals surface area contributed by atoms with Crippen molar-refractivity contribution in [2.24, 2.45) is 5.92 Å². The van der Waals surface area contributed by atoms with Crippen molar-refractivity contribution in [3.05, 3.63) is 65.2 Å². The van der Waals surface area contributed by atoms with Crippen molar-refractivity contribution in [2.45, 2.75) is 19.8 Å². The van der Waals surface area contributed by atoms with Crippen LogP contribution >= 0.6 is 0 Å². The number of piperidine rings is 1. The molecule has 0 aromatic heterocycles. The minimum Gasteiger partial charge on any atom is -0.455 e. The zero-order chi connectivity index (χ0) is 21.5. The average molecular weight is 405 g/mol. The van der Waals surface area contributed by atoms with Crippen LogP contribution in [0.3, 0.4) is 0 Å². The Balaban J connectivity index is 1.44. The third kappa shape index (κ3) is 5.23. The van der Waals surface area contributed by atoms with Crippen LogP contribution in [0.15, 0.2) is 48.5 Å². The lowest BCUT2D eigenvalue weighted by atomic mass is 9.96. The maximum Gasteiger partial charge on any atom is 0.309 e. The van der Waals surface area contributed by atoms with Gasteiger partial charge in [-0.1, -0.05) is 18.2 Å². The van der Waals surface area contributed by atoms with Crippen LogP contribution in [-0.2, 0) is 14.3 Å². The van der Waals surface area contributed by atoms with Crippen LogP contribution in [0.1, 0.15) is 34.3 Å². The summed E-state index contributed by atoms with van der Waals surface area (Å²) in [7, 11) is 0. The molecular formula is C23H23N3O4. The minimum atomic E-state index is -0.444. The lowest BCUT2D eigenvalue weighted by Gasteiger charge is -2.31. The summed E-state index contributed by atoms with van der Waals surface area (Å²) >= 11 is 0. The third-order valence-electron chi connectivity index (χ3n) is 5.13. The molecule has 3 rings (SSSR count). The zero-order valence-electron chi connectivity index (χ0n) is 16.8. The van der Waals surface area contributed by atoms with E-state index in [1.165, 1.54) is 0 Å². The molecule has 2 aromatic carbocycles. The minimum absolute atomic E-state index is 0.0262. The highest BCUT2D eigenvalue weighted by Gasteiger charge is 2.29. The number of nitriles is 1. The van der Waals surface area contributed by atoms with Crippen LogP contribution in [0, 0.1) is 24.2 Å². The molecule has 1 fully saturated rings. The highest BCUT2D eigenvalue weighted by atomic mass is 16.5. The number of benzene rings is 2. The maximum absolute atomic E-state index is 12.7. The number of carbonyl (C=O) groups is 3. The Morgan fingerprint density at radius 2 is 1.77 bits per heavy atom. The Hall–Kier alpha value is -3.66. The van der Waals surface area contributed by atoms with Crippen LogP contribution < -0.4 is 5.32 Å². The first-order chi connectivity index (χ1) is 14.5. The quantitative estimate of drug-likeness (QED) is 0.771. The number of esters is 1. The number of carbonyl (C=O) groups excluding carboxylic acids is 3. The van der Waals surface area contributed by atoms with Gasteiger partial charge in [0.2, 0.25) is 0 Å². The van der Waals surface area contributed by atoms with E-state index in [4.69, 9.17) is 10.00 Å². The van der Waals surface area contributed by atoms with E-state index in [0.29, 0.717) is 42.7 Å². The van der Waals surface area contributed by atoms with E-state index in [0.717, 1.165) is 5.56 Å². The Bertz CT molecular complexity index is 971. The Morgan fingerprint density at radius 3 is 2.40 bits per heavy atom. The van der Waals surface area contributed by atoms with E-state index in [-0.39, 0.29) is 18.4 Å². The number of aryl methyl sites for hydroxylation is 1. The third-order valence-corrected chi connectivity index (χ3v) is 5.13. The van der Waals surface area contributed by atoms with Gasteiger partial charge in [-0.15, -0.1) is 0 Å². The normalized spacial score (nSPS) is 13.9. The number of anilines is 1. The Labute approximate surface area is 175 Å². The largest absolute Gasteiger partial charge is 0.455 e. The van der Waals surface area contributed by atoms with Gasteiger partial charge < -0.3 is 15.0 Å².